The minimum Gasteiger partial charge on any atom is -0.444 e. The highest BCUT2D eigenvalue weighted by Crippen LogP contribution is 2.36. The molecule has 3 N–H and O–H groups in total. The van der Waals surface area contributed by atoms with Crippen molar-refractivity contribution >= 4 is 46.2 Å². The van der Waals surface area contributed by atoms with Crippen LogP contribution in [-0.2, 0) is 26.2 Å². The molecule has 346 valence electrons. The molecule has 5 aromatic rings. The number of hydrogen-bond acceptors (Lipinski definition) is 12. The van der Waals surface area contributed by atoms with Crippen molar-refractivity contribution in [3.05, 3.63) is 76.4 Å². The molecule has 1 unspecified atom stereocenters. The first-order valence-corrected chi connectivity index (χ1v) is 22.3. The maximum Gasteiger partial charge on any atom is 0.329 e. The topological polar surface area (TPSA) is 204 Å². The van der Waals surface area contributed by atoms with Crippen LogP contribution in [0.2, 0.25) is 0 Å². The average molecular weight is 908 g/mol. The number of imidazole rings is 1. The molecule has 2 aliphatic heterocycles. The summed E-state index contributed by atoms with van der Waals surface area (Å²) in [5.41, 5.74) is 1.47. The van der Waals surface area contributed by atoms with Crippen molar-refractivity contribution in [3.63, 3.8) is 0 Å². The lowest BCUT2D eigenvalue weighted by atomic mass is 9.85. The van der Waals surface area contributed by atoms with E-state index < -0.39 is 30.0 Å². The Morgan fingerprint density at radius 2 is 1.86 bits per heavy atom. The molecular formula is C46H51F2N11O7. The molecule has 4 aliphatic rings. The number of hydrogen-bond donors (Lipinski definition) is 3. The summed E-state index contributed by atoms with van der Waals surface area (Å²) in [5, 5.41) is 12.3. The first-order chi connectivity index (χ1) is 31.9. The monoisotopic (exact) mass is 907 g/mol. The Hall–Kier alpha value is -6.72. The molecule has 0 bridgehead atoms. The Balaban J connectivity index is 0.752. The molecule has 6 heterocycles. The Morgan fingerprint density at radius 3 is 2.64 bits per heavy atom. The lowest BCUT2D eigenvalue weighted by molar-refractivity contribution is -0.138. The molecule has 0 spiro atoms. The van der Waals surface area contributed by atoms with Crippen molar-refractivity contribution < 1.29 is 37.1 Å². The number of fused-ring (bicyclic) bond motifs is 1. The van der Waals surface area contributed by atoms with Gasteiger partial charge >= 0.3 is 5.69 Å². The van der Waals surface area contributed by atoms with Crippen LogP contribution in [0.15, 0.2) is 58.2 Å². The zero-order valence-electron chi connectivity index (χ0n) is 36.7. The van der Waals surface area contributed by atoms with Crippen LogP contribution in [0.3, 0.4) is 0 Å². The zero-order chi connectivity index (χ0) is 46.1. The van der Waals surface area contributed by atoms with Crippen LogP contribution in [0.5, 0.6) is 0 Å². The van der Waals surface area contributed by atoms with Crippen LogP contribution in [0.1, 0.15) is 91.6 Å². The number of halogens is 2. The number of alkyl halides is 2. The lowest BCUT2D eigenvalue weighted by Crippen LogP contribution is -2.49. The fourth-order valence-corrected chi connectivity index (χ4v) is 9.03. The molecule has 4 aromatic heterocycles. The molecule has 0 radical (unpaired) electrons. The number of aryl methyl sites for hydroxylation is 1. The van der Waals surface area contributed by atoms with Gasteiger partial charge in [-0.3, -0.25) is 43.2 Å². The first-order valence-electron chi connectivity index (χ1n) is 22.3. The van der Waals surface area contributed by atoms with E-state index in [0.717, 1.165) is 6.54 Å². The summed E-state index contributed by atoms with van der Waals surface area (Å²) in [6.07, 6.45) is 6.04. The highest BCUT2D eigenvalue weighted by atomic mass is 19.3. The van der Waals surface area contributed by atoms with Crippen LogP contribution < -0.4 is 21.6 Å². The number of carbonyl (C=O) groups is 4. The van der Waals surface area contributed by atoms with Gasteiger partial charge in [-0.2, -0.15) is 5.10 Å². The Bertz CT molecular complexity index is 2770. The Labute approximate surface area is 378 Å². The molecule has 20 heteroatoms. The summed E-state index contributed by atoms with van der Waals surface area (Å²) >= 11 is 0. The number of aromatic nitrogens is 6. The van der Waals surface area contributed by atoms with Gasteiger partial charge in [0.05, 0.1) is 42.0 Å². The highest BCUT2D eigenvalue weighted by molar-refractivity contribution is 6.03. The van der Waals surface area contributed by atoms with Crippen LogP contribution in [-0.4, -0.2) is 115 Å². The first kappa shape index (κ1) is 44.5. The second-order valence-electron chi connectivity index (χ2n) is 17.6. The second kappa shape index (κ2) is 19.0. The number of nitrogens with one attached hydrogen (secondary N) is 3. The van der Waals surface area contributed by atoms with E-state index in [1.54, 1.807) is 43.4 Å². The number of ether oxygens (including phenoxy) is 1. The summed E-state index contributed by atoms with van der Waals surface area (Å²) in [5.74, 6) is 6.13. The quantitative estimate of drug-likeness (QED) is 0.110. The second-order valence-corrected chi connectivity index (χ2v) is 17.6. The third kappa shape index (κ3) is 9.77. The van der Waals surface area contributed by atoms with Crippen molar-refractivity contribution in [3.8, 4) is 23.3 Å². The maximum absolute atomic E-state index is 14.2. The van der Waals surface area contributed by atoms with Crippen LogP contribution in [0.4, 0.5) is 20.3 Å². The van der Waals surface area contributed by atoms with Crippen LogP contribution in [0.25, 0.3) is 22.5 Å². The van der Waals surface area contributed by atoms with Crippen molar-refractivity contribution in [2.45, 2.75) is 76.0 Å². The van der Waals surface area contributed by atoms with Crippen molar-refractivity contribution in [1.82, 2.24) is 44.0 Å². The fourth-order valence-electron chi connectivity index (χ4n) is 9.03. The number of rotatable bonds is 13. The van der Waals surface area contributed by atoms with E-state index in [1.807, 2.05) is 12.1 Å². The van der Waals surface area contributed by atoms with E-state index in [4.69, 9.17) is 9.15 Å². The smallest absolute Gasteiger partial charge is 0.329 e. The third-order valence-electron chi connectivity index (χ3n) is 12.9. The molecule has 2 saturated heterocycles. The molecule has 9 rings (SSSR count). The lowest BCUT2D eigenvalue weighted by Gasteiger charge is -2.35. The van der Waals surface area contributed by atoms with Gasteiger partial charge in [0, 0.05) is 76.1 Å². The van der Waals surface area contributed by atoms with Crippen molar-refractivity contribution in [2.75, 3.05) is 57.0 Å². The van der Waals surface area contributed by atoms with Crippen molar-refractivity contribution in [2.24, 2.45) is 18.9 Å². The zero-order valence-corrected chi connectivity index (χ0v) is 36.7. The van der Waals surface area contributed by atoms with Crippen molar-refractivity contribution in [1.29, 1.82) is 0 Å². The van der Waals surface area contributed by atoms with E-state index in [1.165, 1.54) is 39.1 Å². The highest BCUT2D eigenvalue weighted by Gasteiger charge is 2.34. The summed E-state index contributed by atoms with van der Waals surface area (Å²) in [6.45, 7) is 3.42. The van der Waals surface area contributed by atoms with Gasteiger partial charge in [-0.25, -0.2) is 23.5 Å². The minimum atomic E-state index is -2.94. The van der Waals surface area contributed by atoms with Gasteiger partial charge < -0.3 is 24.7 Å². The van der Waals surface area contributed by atoms with Gasteiger partial charge in [0.2, 0.25) is 23.6 Å². The summed E-state index contributed by atoms with van der Waals surface area (Å²) in [7, 11) is 3.41. The Kier molecular flexibility index (Phi) is 12.8. The number of piperidine rings is 1. The van der Waals surface area contributed by atoms with Crippen LogP contribution >= 0.6 is 0 Å². The van der Waals surface area contributed by atoms with Gasteiger partial charge in [-0.1, -0.05) is 11.8 Å². The van der Waals surface area contributed by atoms with Gasteiger partial charge in [0.25, 0.3) is 12.3 Å². The summed E-state index contributed by atoms with van der Waals surface area (Å²) in [6, 6.07) is 7.89. The number of morpholine rings is 1. The van der Waals surface area contributed by atoms with E-state index in [9.17, 15) is 32.8 Å². The normalized spacial score (nSPS) is 21.3. The molecule has 1 aromatic carbocycles. The number of pyridine rings is 1. The summed E-state index contributed by atoms with van der Waals surface area (Å²) in [4.78, 5) is 76.7. The molecule has 2 saturated carbocycles. The summed E-state index contributed by atoms with van der Waals surface area (Å²) < 4.78 is 44.4. The third-order valence-corrected chi connectivity index (χ3v) is 12.9. The van der Waals surface area contributed by atoms with Gasteiger partial charge in [0.15, 0.2) is 11.4 Å². The number of amides is 4. The molecule has 18 nitrogen and oxygen atoms in total. The maximum atomic E-state index is 14.2. The van der Waals surface area contributed by atoms with Crippen LogP contribution in [0, 0.1) is 23.7 Å². The molecule has 4 fully saturated rings. The van der Waals surface area contributed by atoms with E-state index in [2.05, 4.69) is 47.8 Å². The predicted molar refractivity (Wildman–Crippen MR) is 236 cm³/mol. The number of benzene rings is 1. The molecular weight excluding hydrogens is 857 g/mol. The number of imide groups is 1. The van der Waals surface area contributed by atoms with E-state index >= 15 is 0 Å². The van der Waals surface area contributed by atoms with Gasteiger partial charge in [-0.05, 0) is 81.2 Å². The van der Waals surface area contributed by atoms with E-state index in [0.29, 0.717) is 92.4 Å². The number of likely N-dealkylation sites (N-methyl/N-ethyl adjacent to an activating group) is 1. The molecule has 2 atom stereocenters. The standard InChI is InChI=1S/C46H51F2N11O7/c1-55(23-32-24-57(18-19-65-32)17-3-4-27-7-12-35-37(20-27)56(2)46(64)59(35)36-13-14-39(60)53-43(36)62)45(63)29-8-10-31(11-9-29)58-25-33(40(54-58)41(47)48)51-42(61)34-26-66-44(52-34)30-15-16-49-38(21-30)50-22-28-5-6-28/h7,12,15-16,20-21,25-26,28-29,31-32,36,41H,5-6,8-11,13-14,17-19,22-24H2,1-2H3,(H,49,50)(H,51,61)(H,53,60,62)/t29-,31-,32-,36?/m0/s1. The molecule has 4 amide bonds. The largest absolute Gasteiger partial charge is 0.444 e. The average Bonchev–Trinajstić information content (AvgIpc) is 3.73. The minimum absolute atomic E-state index is 0.00336. The fraction of sp³-hybridized carbons (Fsp3) is 0.478. The number of nitrogens with zero attached hydrogens (tertiary/aromatic N) is 8. The van der Waals surface area contributed by atoms with E-state index in [-0.39, 0.29) is 65.7 Å². The number of carbonyl (C=O) groups excluding carboxylic acids is 4. The van der Waals surface area contributed by atoms with Gasteiger partial charge in [-0.15, -0.1) is 0 Å². The molecule has 66 heavy (non-hydrogen) atoms. The predicted octanol–water partition coefficient (Wildman–Crippen LogP) is 4.52. The number of oxazole rings is 1. The Morgan fingerprint density at radius 1 is 1.05 bits per heavy atom. The number of anilines is 2. The SMILES string of the molecule is CN(C[C@H]1CN(CC#Cc2ccc3c(c2)n(C)c(=O)n3C2CCC(=O)NC2=O)CCO1)C(=O)[C@H]1CC[C@H](n2cc(NC(=O)c3coc(-c4ccnc(NCC5CC5)c4)n3)c(C(F)F)n2)CC1. The van der Waals surface area contributed by atoms with Gasteiger partial charge in [0.1, 0.15) is 18.1 Å². The molecule has 2 aliphatic carbocycles.